The van der Waals surface area contributed by atoms with Crippen LogP contribution in [0.3, 0.4) is 0 Å². The second kappa shape index (κ2) is 4.87. The second-order valence-corrected chi connectivity index (χ2v) is 3.93. The van der Waals surface area contributed by atoms with Crippen molar-refractivity contribution in [3.63, 3.8) is 0 Å². The first kappa shape index (κ1) is 11.6. The number of pyridine rings is 1. The molecule has 0 aliphatic rings. The molecule has 76 valence electrons. The van der Waals surface area contributed by atoms with Crippen molar-refractivity contribution in [3.05, 3.63) is 33.9 Å². The van der Waals surface area contributed by atoms with Gasteiger partial charge in [-0.2, -0.15) is 0 Å². The Bertz CT molecular complexity index is 352. The van der Waals surface area contributed by atoms with Crippen LogP contribution in [0.5, 0.6) is 0 Å². The number of halogens is 3. The summed E-state index contributed by atoms with van der Waals surface area (Å²) in [6.07, 6.45) is 1.74. The van der Waals surface area contributed by atoms with Gasteiger partial charge in [0.2, 0.25) is 0 Å². The third-order valence-corrected chi connectivity index (χ3v) is 2.57. The minimum Gasteiger partial charge on any atom is -0.363 e. The smallest absolute Gasteiger partial charge is 0.150 e. The molecule has 1 unspecified atom stereocenters. The minimum atomic E-state index is 0.0669. The van der Waals surface area contributed by atoms with E-state index >= 15 is 0 Å². The van der Waals surface area contributed by atoms with Gasteiger partial charge in [0.25, 0.3) is 0 Å². The molecule has 0 bridgehead atoms. The summed E-state index contributed by atoms with van der Waals surface area (Å²) in [6.45, 7) is 5.56. The SMILES string of the molecule is C=CC(C)Nc1nc(Cl)c(Cl)cc1Cl. The van der Waals surface area contributed by atoms with E-state index in [0.29, 0.717) is 15.9 Å². The van der Waals surface area contributed by atoms with Crippen LogP contribution in [0.4, 0.5) is 5.82 Å². The topological polar surface area (TPSA) is 24.9 Å². The number of rotatable bonds is 3. The Labute approximate surface area is 97.9 Å². The van der Waals surface area contributed by atoms with E-state index in [2.05, 4.69) is 16.9 Å². The summed E-state index contributed by atoms with van der Waals surface area (Å²) >= 11 is 17.4. The molecule has 1 rings (SSSR count). The van der Waals surface area contributed by atoms with Gasteiger partial charge in [0.05, 0.1) is 10.0 Å². The summed E-state index contributed by atoms with van der Waals surface area (Å²) in [7, 11) is 0. The quantitative estimate of drug-likeness (QED) is 0.648. The first-order valence-electron chi connectivity index (χ1n) is 3.95. The zero-order valence-electron chi connectivity index (χ0n) is 7.52. The lowest BCUT2D eigenvalue weighted by Crippen LogP contribution is -2.12. The average molecular weight is 252 g/mol. The van der Waals surface area contributed by atoms with Crippen molar-refractivity contribution in [2.75, 3.05) is 5.32 Å². The molecule has 1 aromatic rings. The van der Waals surface area contributed by atoms with Crippen LogP contribution in [0.25, 0.3) is 0 Å². The lowest BCUT2D eigenvalue weighted by Gasteiger charge is -2.11. The average Bonchev–Trinajstić information content (AvgIpc) is 2.14. The molecular weight excluding hydrogens is 242 g/mol. The van der Waals surface area contributed by atoms with Crippen LogP contribution >= 0.6 is 34.8 Å². The number of nitrogens with one attached hydrogen (secondary N) is 1. The Kier molecular flexibility index (Phi) is 4.05. The first-order chi connectivity index (χ1) is 6.54. The molecular formula is C9H9Cl3N2. The molecule has 1 heterocycles. The van der Waals surface area contributed by atoms with Crippen LogP contribution in [0, 0.1) is 0 Å². The lowest BCUT2D eigenvalue weighted by molar-refractivity contribution is 0.984. The molecule has 14 heavy (non-hydrogen) atoms. The standard InChI is InChI=1S/C9H9Cl3N2/c1-3-5(2)13-9-7(11)4-6(10)8(12)14-9/h3-5H,1H2,2H3,(H,13,14). The van der Waals surface area contributed by atoms with Crippen LogP contribution in [0.15, 0.2) is 18.7 Å². The summed E-state index contributed by atoms with van der Waals surface area (Å²) < 4.78 is 0. The van der Waals surface area contributed by atoms with Gasteiger partial charge in [-0.3, -0.25) is 0 Å². The Hall–Kier alpha value is -0.440. The summed E-state index contributed by atoms with van der Waals surface area (Å²) in [6, 6.07) is 1.62. The maximum absolute atomic E-state index is 5.90. The van der Waals surface area contributed by atoms with Gasteiger partial charge in [0, 0.05) is 6.04 Å². The van der Waals surface area contributed by atoms with E-state index in [4.69, 9.17) is 34.8 Å². The van der Waals surface area contributed by atoms with E-state index in [1.54, 1.807) is 12.1 Å². The summed E-state index contributed by atoms with van der Waals surface area (Å²) in [5, 5.41) is 4.03. The number of nitrogens with zero attached hydrogens (tertiary/aromatic N) is 1. The van der Waals surface area contributed by atoms with Gasteiger partial charge in [-0.1, -0.05) is 40.9 Å². The van der Waals surface area contributed by atoms with Gasteiger partial charge < -0.3 is 5.32 Å². The number of aromatic nitrogens is 1. The van der Waals surface area contributed by atoms with Gasteiger partial charge in [0.1, 0.15) is 11.0 Å². The van der Waals surface area contributed by atoms with Gasteiger partial charge >= 0.3 is 0 Å². The van der Waals surface area contributed by atoms with Crippen LogP contribution in [0.2, 0.25) is 15.2 Å². The summed E-state index contributed by atoms with van der Waals surface area (Å²) in [5.74, 6) is 0.508. The number of anilines is 1. The predicted molar refractivity (Wildman–Crippen MR) is 62.5 cm³/mol. The molecule has 0 aliphatic carbocycles. The molecule has 0 saturated heterocycles. The third-order valence-electron chi connectivity index (χ3n) is 1.60. The zero-order valence-corrected chi connectivity index (χ0v) is 9.79. The fraction of sp³-hybridized carbons (Fsp3) is 0.222. The molecule has 2 nitrogen and oxygen atoms in total. The van der Waals surface area contributed by atoms with Gasteiger partial charge in [-0.05, 0) is 13.0 Å². The van der Waals surface area contributed by atoms with Crippen molar-refractivity contribution in [2.45, 2.75) is 13.0 Å². The Morgan fingerprint density at radius 2 is 2.07 bits per heavy atom. The molecule has 0 amide bonds. The highest BCUT2D eigenvalue weighted by Crippen LogP contribution is 2.29. The molecule has 0 fully saturated rings. The van der Waals surface area contributed by atoms with Gasteiger partial charge in [-0.15, -0.1) is 6.58 Å². The minimum absolute atomic E-state index is 0.0669. The van der Waals surface area contributed by atoms with Crippen LogP contribution < -0.4 is 5.32 Å². The first-order valence-corrected chi connectivity index (χ1v) is 5.08. The van der Waals surface area contributed by atoms with Crippen LogP contribution in [-0.2, 0) is 0 Å². The Balaban J connectivity index is 2.97. The van der Waals surface area contributed by atoms with E-state index in [1.807, 2.05) is 6.92 Å². The predicted octanol–water partition coefficient (Wildman–Crippen LogP) is 4.03. The van der Waals surface area contributed by atoms with Crippen molar-refractivity contribution in [1.29, 1.82) is 0 Å². The number of hydrogen-bond donors (Lipinski definition) is 1. The van der Waals surface area contributed by atoms with Crippen LogP contribution in [0.1, 0.15) is 6.92 Å². The van der Waals surface area contributed by atoms with Crippen molar-refractivity contribution in [1.82, 2.24) is 4.98 Å². The van der Waals surface area contributed by atoms with Crippen molar-refractivity contribution in [2.24, 2.45) is 0 Å². The molecule has 5 heteroatoms. The molecule has 0 aliphatic heterocycles. The highest BCUT2D eigenvalue weighted by molar-refractivity contribution is 6.42. The second-order valence-electron chi connectivity index (χ2n) is 2.76. The molecule has 0 radical (unpaired) electrons. The largest absolute Gasteiger partial charge is 0.363 e. The molecule has 1 atom stereocenters. The van der Waals surface area contributed by atoms with Gasteiger partial charge in [0.15, 0.2) is 0 Å². The maximum Gasteiger partial charge on any atom is 0.150 e. The van der Waals surface area contributed by atoms with E-state index < -0.39 is 0 Å². The zero-order chi connectivity index (χ0) is 10.7. The number of hydrogen-bond acceptors (Lipinski definition) is 2. The van der Waals surface area contributed by atoms with Crippen molar-refractivity contribution < 1.29 is 0 Å². The molecule has 1 aromatic heterocycles. The summed E-state index contributed by atoms with van der Waals surface area (Å²) in [4.78, 5) is 4.00. The highest BCUT2D eigenvalue weighted by Gasteiger charge is 2.08. The lowest BCUT2D eigenvalue weighted by atomic mass is 10.3. The third kappa shape index (κ3) is 2.77. The van der Waals surface area contributed by atoms with E-state index in [-0.39, 0.29) is 11.2 Å². The van der Waals surface area contributed by atoms with E-state index in [1.165, 1.54) is 0 Å². The summed E-state index contributed by atoms with van der Waals surface area (Å²) in [5.41, 5.74) is 0. The van der Waals surface area contributed by atoms with Crippen LogP contribution in [-0.4, -0.2) is 11.0 Å². The van der Waals surface area contributed by atoms with E-state index in [0.717, 1.165) is 0 Å². The highest BCUT2D eigenvalue weighted by atomic mass is 35.5. The van der Waals surface area contributed by atoms with Crippen molar-refractivity contribution >= 4 is 40.6 Å². The normalized spacial score (nSPS) is 12.3. The molecule has 0 aromatic carbocycles. The molecule has 0 saturated carbocycles. The Morgan fingerprint density at radius 1 is 1.43 bits per heavy atom. The fourth-order valence-electron chi connectivity index (χ4n) is 0.820. The Morgan fingerprint density at radius 3 is 2.64 bits per heavy atom. The van der Waals surface area contributed by atoms with E-state index in [9.17, 15) is 0 Å². The molecule has 1 N–H and O–H groups in total. The maximum atomic E-state index is 5.90. The monoisotopic (exact) mass is 250 g/mol. The van der Waals surface area contributed by atoms with Crippen molar-refractivity contribution in [3.8, 4) is 0 Å². The molecule has 0 spiro atoms. The van der Waals surface area contributed by atoms with Gasteiger partial charge in [-0.25, -0.2) is 4.98 Å². The fourth-order valence-corrected chi connectivity index (χ4v) is 1.37.